The van der Waals surface area contributed by atoms with Gasteiger partial charge in [0.05, 0.1) is 6.10 Å². The molecule has 1 aliphatic carbocycles. The maximum atomic E-state index is 10.4. The summed E-state index contributed by atoms with van der Waals surface area (Å²) in [6.07, 6.45) is 3.41. The fourth-order valence-electron chi connectivity index (χ4n) is 4.01. The summed E-state index contributed by atoms with van der Waals surface area (Å²) in [5.41, 5.74) is 0. The third-order valence-corrected chi connectivity index (χ3v) is 4.76. The first-order valence-corrected chi connectivity index (χ1v) is 7.76. The van der Waals surface area contributed by atoms with Gasteiger partial charge in [-0.25, -0.2) is 0 Å². The quantitative estimate of drug-likeness (QED) is 0.832. The summed E-state index contributed by atoms with van der Waals surface area (Å²) >= 11 is 0. The van der Waals surface area contributed by atoms with Crippen LogP contribution in [0.15, 0.2) is 0 Å². The van der Waals surface area contributed by atoms with Gasteiger partial charge in [0.2, 0.25) is 0 Å². The maximum Gasteiger partial charge on any atom is 0.0700 e. The molecule has 2 aliphatic rings. The second-order valence-electron chi connectivity index (χ2n) is 6.49. The molecule has 2 fully saturated rings. The smallest absolute Gasteiger partial charge is 0.0700 e. The normalized spacial score (nSPS) is 40.0. The van der Waals surface area contributed by atoms with Crippen molar-refractivity contribution < 1.29 is 5.11 Å². The van der Waals surface area contributed by atoms with Gasteiger partial charge in [-0.2, -0.15) is 0 Å². The predicted molar refractivity (Wildman–Crippen MR) is 75.7 cm³/mol. The number of hydrogen-bond donors (Lipinski definition) is 1. The summed E-state index contributed by atoms with van der Waals surface area (Å²) in [4.78, 5) is 5.10. The zero-order valence-electron chi connectivity index (χ0n) is 12.3. The first-order valence-electron chi connectivity index (χ1n) is 7.76. The summed E-state index contributed by atoms with van der Waals surface area (Å²) in [6, 6.07) is 0.407. The Balaban J connectivity index is 1.88. The Labute approximate surface area is 112 Å². The lowest BCUT2D eigenvalue weighted by Gasteiger charge is -2.46. The number of aliphatic hydroxyl groups excluding tert-OH is 1. The average Bonchev–Trinajstić information content (AvgIpc) is 2.30. The first kappa shape index (κ1) is 14.3. The molecule has 2 rings (SSSR count). The van der Waals surface area contributed by atoms with Gasteiger partial charge in [-0.3, -0.25) is 4.90 Å². The largest absolute Gasteiger partial charge is 0.391 e. The first-order chi connectivity index (χ1) is 8.61. The summed E-state index contributed by atoms with van der Waals surface area (Å²) in [7, 11) is 0. The minimum Gasteiger partial charge on any atom is -0.391 e. The van der Waals surface area contributed by atoms with Crippen molar-refractivity contribution in [3.63, 3.8) is 0 Å². The highest BCUT2D eigenvalue weighted by atomic mass is 16.3. The highest BCUT2D eigenvalue weighted by Crippen LogP contribution is 2.32. The molecule has 4 unspecified atom stereocenters. The van der Waals surface area contributed by atoms with Crippen molar-refractivity contribution in [2.24, 2.45) is 11.8 Å². The molecule has 0 radical (unpaired) electrons. The molecule has 0 amide bonds. The molecule has 106 valence electrons. The van der Waals surface area contributed by atoms with E-state index in [2.05, 4.69) is 30.6 Å². The molecule has 0 bridgehead atoms. The van der Waals surface area contributed by atoms with E-state index in [1.807, 2.05) is 0 Å². The van der Waals surface area contributed by atoms with Crippen molar-refractivity contribution in [3.8, 4) is 0 Å². The SMILES string of the molecule is CCCN1CCN(C2C(C)CC(C)CC2O)CC1. The lowest BCUT2D eigenvalue weighted by molar-refractivity contribution is -0.0409. The van der Waals surface area contributed by atoms with Gasteiger partial charge in [0.1, 0.15) is 0 Å². The van der Waals surface area contributed by atoms with Crippen molar-refractivity contribution in [3.05, 3.63) is 0 Å². The average molecular weight is 254 g/mol. The van der Waals surface area contributed by atoms with E-state index in [-0.39, 0.29) is 6.10 Å². The molecule has 0 aromatic rings. The molecule has 0 aromatic heterocycles. The highest BCUT2D eigenvalue weighted by Gasteiger charge is 2.37. The number of piperazine rings is 1. The third kappa shape index (κ3) is 3.25. The van der Waals surface area contributed by atoms with Crippen LogP contribution in [0.1, 0.15) is 40.0 Å². The minimum atomic E-state index is -0.110. The van der Waals surface area contributed by atoms with Crippen LogP contribution in [0.3, 0.4) is 0 Å². The second kappa shape index (κ2) is 6.36. The van der Waals surface area contributed by atoms with Crippen LogP contribution >= 0.6 is 0 Å². The van der Waals surface area contributed by atoms with E-state index in [0.29, 0.717) is 17.9 Å². The third-order valence-electron chi connectivity index (χ3n) is 4.76. The molecule has 0 aromatic carbocycles. The van der Waals surface area contributed by atoms with Crippen LogP contribution in [0, 0.1) is 11.8 Å². The Morgan fingerprint density at radius 1 is 1.06 bits per heavy atom. The molecule has 1 saturated heterocycles. The van der Waals surface area contributed by atoms with E-state index in [1.165, 1.54) is 32.5 Å². The molecule has 3 nitrogen and oxygen atoms in total. The molecule has 1 heterocycles. The van der Waals surface area contributed by atoms with E-state index < -0.39 is 0 Å². The van der Waals surface area contributed by atoms with Crippen molar-refractivity contribution in [1.82, 2.24) is 9.80 Å². The van der Waals surface area contributed by atoms with Crippen LogP contribution in [-0.4, -0.2) is 59.8 Å². The number of nitrogens with zero attached hydrogens (tertiary/aromatic N) is 2. The topological polar surface area (TPSA) is 26.7 Å². The van der Waals surface area contributed by atoms with Gasteiger partial charge >= 0.3 is 0 Å². The zero-order chi connectivity index (χ0) is 13.1. The van der Waals surface area contributed by atoms with Crippen molar-refractivity contribution in [2.75, 3.05) is 32.7 Å². The zero-order valence-corrected chi connectivity index (χ0v) is 12.3. The Bertz CT molecular complexity index is 239. The van der Waals surface area contributed by atoms with Crippen molar-refractivity contribution in [2.45, 2.75) is 52.2 Å². The summed E-state index contributed by atoms with van der Waals surface area (Å²) in [5, 5.41) is 10.4. The molecule has 1 aliphatic heterocycles. The van der Waals surface area contributed by atoms with Gasteiger partial charge in [0.15, 0.2) is 0 Å². The molecular weight excluding hydrogens is 224 g/mol. The molecule has 18 heavy (non-hydrogen) atoms. The molecule has 1 saturated carbocycles. The monoisotopic (exact) mass is 254 g/mol. The lowest BCUT2D eigenvalue weighted by Crippen LogP contribution is -2.57. The maximum absolute atomic E-state index is 10.4. The Morgan fingerprint density at radius 3 is 2.28 bits per heavy atom. The van der Waals surface area contributed by atoms with Crippen LogP contribution in [0.5, 0.6) is 0 Å². The van der Waals surface area contributed by atoms with E-state index in [0.717, 1.165) is 19.5 Å². The molecule has 0 spiro atoms. The van der Waals surface area contributed by atoms with E-state index in [9.17, 15) is 5.11 Å². The van der Waals surface area contributed by atoms with Crippen molar-refractivity contribution in [1.29, 1.82) is 0 Å². The van der Waals surface area contributed by atoms with Gasteiger partial charge in [-0.15, -0.1) is 0 Å². The van der Waals surface area contributed by atoms with Crippen LogP contribution in [0.4, 0.5) is 0 Å². The fraction of sp³-hybridized carbons (Fsp3) is 1.00. The van der Waals surface area contributed by atoms with Crippen LogP contribution in [0.25, 0.3) is 0 Å². The summed E-state index contributed by atoms with van der Waals surface area (Å²) in [5.74, 6) is 1.33. The minimum absolute atomic E-state index is 0.110. The number of aliphatic hydroxyl groups is 1. The van der Waals surface area contributed by atoms with Gasteiger partial charge in [0.25, 0.3) is 0 Å². The Morgan fingerprint density at radius 2 is 1.72 bits per heavy atom. The molecule has 1 N–H and O–H groups in total. The number of rotatable bonds is 3. The van der Waals surface area contributed by atoms with E-state index >= 15 is 0 Å². The van der Waals surface area contributed by atoms with E-state index in [1.54, 1.807) is 0 Å². The van der Waals surface area contributed by atoms with Gasteiger partial charge in [0, 0.05) is 32.2 Å². The van der Waals surface area contributed by atoms with E-state index in [4.69, 9.17) is 0 Å². The molecule has 3 heteroatoms. The second-order valence-corrected chi connectivity index (χ2v) is 6.49. The Kier molecular flexibility index (Phi) is 5.05. The molecular formula is C15H30N2O. The highest BCUT2D eigenvalue weighted by molar-refractivity contribution is 4.91. The molecule has 4 atom stereocenters. The number of hydrogen-bond acceptors (Lipinski definition) is 3. The Hall–Kier alpha value is -0.120. The lowest BCUT2D eigenvalue weighted by atomic mass is 9.77. The summed E-state index contributed by atoms with van der Waals surface area (Å²) in [6.45, 7) is 12.7. The predicted octanol–water partition coefficient (Wildman–Crippen LogP) is 1.81. The van der Waals surface area contributed by atoms with Gasteiger partial charge < -0.3 is 10.0 Å². The van der Waals surface area contributed by atoms with Gasteiger partial charge in [-0.1, -0.05) is 20.8 Å². The van der Waals surface area contributed by atoms with Crippen molar-refractivity contribution >= 4 is 0 Å². The van der Waals surface area contributed by atoms with Crippen LogP contribution in [-0.2, 0) is 0 Å². The van der Waals surface area contributed by atoms with Crippen LogP contribution < -0.4 is 0 Å². The van der Waals surface area contributed by atoms with Gasteiger partial charge in [-0.05, 0) is 37.6 Å². The standard InChI is InChI=1S/C15H30N2O/c1-4-5-16-6-8-17(9-7-16)15-13(3)10-12(2)11-14(15)18/h12-15,18H,4-11H2,1-3H3. The summed E-state index contributed by atoms with van der Waals surface area (Å²) < 4.78 is 0. The fourth-order valence-corrected chi connectivity index (χ4v) is 4.01. The van der Waals surface area contributed by atoms with Crippen LogP contribution in [0.2, 0.25) is 0 Å².